The van der Waals surface area contributed by atoms with E-state index in [2.05, 4.69) is 214 Å². The molecule has 3 aromatic heterocycles. The van der Waals surface area contributed by atoms with E-state index in [0.717, 1.165) is 33.4 Å². The van der Waals surface area contributed by atoms with Crippen LogP contribution in [0.2, 0.25) is 0 Å². The van der Waals surface area contributed by atoms with E-state index < -0.39 is 0 Å². The van der Waals surface area contributed by atoms with Crippen LogP contribution in [0.1, 0.15) is 0 Å². The highest BCUT2D eigenvalue weighted by Gasteiger charge is 2.16. The molecule has 0 aliphatic carbocycles. The Kier molecular flexibility index (Phi) is 6.80. The second kappa shape index (κ2) is 12.2. The minimum Gasteiger partial charge on any atom is -0.310 e. The van der Waals surface area contributed by atoms with Gasteiger partial charge in [-0.15, -0.1) is 11.3 Å². The van der Waals surface area contributed by atoms with E-state index >= 15 is 0 Å². The van der Waals surface area contributed by atoms with Crippen LogP contribution in [0.15, 0.2) is 200 Å². The molecule has 0 atom stereocenters. The molecular formula is C52H33N3S. The summed E-state index contributed by atoms with van der Waals surface area (Å²) in [6.07, 6.45) is 0. The minimum atomic E-state index is 1.11. The molecule has 0 radical (unpaired) electrons. The number of thiophene rings is 1. The SMILES string of the molecule is c1ccc(-n2c3cccc(c3)c3cccc(c3)n(-c3ccc4c(c3)c3ccccc3n4-c3cccc4ccccc34)c3ccc4sc5ccc2cc5c4c3)cc1. The molecule has 3 heterocycles. The number of fused-ring (bicyclic) bond motifs is 11. The molecule has 0 amide bonds. The second-order valence-corrected chi connectivity index (χ2v) is 15.7. The molecule has 0 saturated carbocycles. The normalized spacial score (nSPS) is 11.9. The van der Waals surface area contributed by atoms with Gasteiger partial charge in [-0.2, -0.15) is 0 Å². The van der Waals surface area contributed by atoms with Gasteiger partial charge in [0.15, 0.2) is 0 Å². The van der Waals surface area contributed by atoms with Crippen LogP contribution in [0.5, 0.6) is 0 Å². The minimum absolute atomic E-state index is 1.11. The molecule has 12 aromatic rings. The van der Waals surface area contributed by atoms with Crippen LogP contribution in [0.4, 0.5) is 0 Å². The fraction of sp³-hybridized carbons (Fsp3) is 0. The van der Waals surface area contributed by atoms with E-state index in [-0.39, 0.29) is 0 Å². The first kappa shape index (κ1) is 31.2. The number of benzene rings is 9. The standard InChI is InChI=1S/C52H33N3S/c1-2-15-37(16-3-1)53-38-17-8-13-35(29-38)36-14-9-18-39(30-36)54(42-25-28-52-47(33-42)46-32-41(53)24-27-51(46)56-52)40-23-26-50-45(31-40)44-20-6-7-21-49(44)55(50)48-22-10-12-34-11-4-5-19-43(34)48/h1-33H. The third kappa shape index (κ3) is 4.76. The molecule has 9 aromatic carbocycles. The van der Waals surface area contributed by atoms with Crippen molar-refractivity contribution in [1.82, 2.24) is 13.7 Å². The first-order chi connectivity index (χ1) is 27.7. The van der Waals surface area contributed by atoms with Crippen molar-refractivity contribution in [2.24, 2.45) is 0 Å². The zero-order valence-corrected chi connectivity index (χ0v) is 31.1. The van der Waals surface area contributed by atoms with Crippen molar-refractivity contribution >= 4 is 96.9 Å². The van der Waals surface area contributed by atoms with Crippen LogP contribution in [0, 0.1) is 0 Å². The highest BCUT2D eigenvalue weighted by Crippen LogP contribution is 2.39. The second-order valence-electron chi connectivity index (χ2n) is 14.6. The smallest absolute Gasteiger partial charge is 0.0542 e. The van der Waals surface area contributed by atoms with Gasteiger partial charge in [-0.05, 0) is 119 Å². The van der Waals surface area contributed by atoms with E-state index in [1.807, 2.05) is 11.3 Å². The van der Waals surface area contributed by atoms with Gasteiger partial charge >= 0.3 is 0 Å². The van der Waals surface area contributed by atoms with Gasteiger partial charge < -0.3 is 13.7 Å². The summed E-state index contributed by atoms with van der Waals surface area (Å²) in [4.78, 5) is 0. The van der Waals surface area contributed by atoms with Crippen molar-refractivity contribution in [2.75, 3.05) is 0 Å². The average molecular weight is 732 g/mol. The van der Waals surface area contributed by atoms with Crippen LogP contribution in [-0.2, 0) is 0 Å². The summed E-state index contributed by atoms with van der Waals surface area (Å²) in [5, 5.41) is 9.80. The van der Waals surface area contributed by atoms with Crippen LogP contribution >= 0.6 is 11.3 Å². The predicted molar refractivity (Wildman–Crippen MR) is 240 cm³/mol. The Morgan fingerprint density at radius 2 is 0.839 bits per heavy atom. The van der Waals surface area contributed by atoms with Crippen molar-refractivity contribution in [2.45, 2.75) is 0 Å². The summed E-state index contributed by atoms with van der Waals surface area (Å²) in [7, 11) is 0. The summed E-state index contributed by atoms with van der Waals surface area (Å²) >= 11 is 1.86. The molecule has 12 rings (SSSR count). The summed E-state index contributed by atoms with van der Waals surface area (Å²) in [5.41, 5.74) is 10.3. The zero-order valence-electron chi connectivity index (χ0n) is 30.3. The zero-order chi connectivity index (χ0) is 36.7. The molecule has 56 heavy (non-hydrogen) atoms. The van der Waals surface area contributed by atoms with Gasteiger partial charge in [-0.3, -0.25) is 0 Å². The topological polar surface area (TPSA) is 14.8 Å². The van der Waals surface area contributed by atoms with Gasteiger partial charge in [-0.25, -0.2) is 0 Å². The van der Waals surface area contributed by atoms with Gasteiger partial charge in [0.25, 0.3) is 0 Å². The van der Waals surface area contributed by atoms with Crippen molar-refractivity contribution in [3.63, 3.8) is 0 Å². The molecule has 0 N–H and O–H groups in total. The van der Waals surface area contributed by atoms with Gasteiger partial charge in [0.1, 0.15) is 0 Å². The molecule has 0 saturated heterocycles. The van der Waals surface area contributed by atoms with Crippen molar-refractivity contribution in [3.05, 3.63) is 200 Å². The van der Waals surface area contributed by atoms with E-state index in [9.17, 15) is 0 Å². The highest BCUT2D eigenvalue weighted by molar-refractivity contribution is 7.25. The number of aromatic nitrogens is 3. The lowest BCUT2D eigenvalue weighted by Crippen LogP contribution is -1.98. The summed E-state index contributed by atoms with van der Waals surface area (Å²) in [6, 6.07) is 73.7. The molecule has 0 aliphatic heterocycles. The molecule has 0 fully saturated rings. The molecule has 0 spiro atoms. The van der Waals surface area contributed by atoms with Crippen LogP contribution in [0.25, 0.3) is 103 Å². The van der Waals surface area contributed by atoms with Crippen LogP contribution in [0.3, 0.4) is 0 Å². The fourth-order valence-corrected chi connectivity index (χ4v) is 9.98. The van der Waals surface area contributed by atoms with E-state index in [1.165, 1.54) is 69.2 Å². The molecule has 0 aliphatic rings. The fourth-order valence-electron chi connectivity index (χ4n) is 8.91. The van der Waals surface area contributed by atoms with Crippen LogP contribution < -0.4 is 0 Å². The molecular weight excluding hydrogens is 699 g/mol. The monoisotopic (exact) mass is 731 g/mol. The number of para-hydroxylation sites is 2. The third-order valence-electron chi connectivity index (χ3n) is 11.4. The summed E-state index contributed by atoms with van der Waals surface area (Å²) in [6.45, 7) is 0. The molecule has 8 bridgehead atoms. The molecule has 3 nitrogen and oxygen atoms in total. The van der Waals surface area contributed by atoms with Crippen molar-refractivity contribution in [3.8, 4) is 17.1 Å². The van der Waals surface area contributed by atoms with Gasteiger partial charge in [0.05, 0.1) is 16.7 Å². The predicted octanol–water partition coefficient (Wildman–Crippen LogP) is 14.5. The van der Waals surface area contributed by atoms with Crippen molar-refractivity contribution < 1.29 is 0 Å². The Bertz CT molecular complexity index is 3590. The van der Waals surface area contributed by atoms with E-state index in [0.29, 0.717) is 0 Å². The molecule has 0 unspecified atom stereocenters. The lowest BCUT2D eigenvalue weighted by Gasteiger charge is -2.14. The van der Waals surface area contributed by atoms with E-state index in [1.54, 1.807) is 0 Å². The van der Waals surface area contributed by atoms with Gasteiger partial charge in [0, 0.05) is 69.8 Å². The highest BCUT2D eigenvalue weighted by atomic mass is 32.1. The number of nitrogens with zero attached hydrogens (tertiary/aromatic N) is 3. The Morgan fingerprint density at radius 3 is 1.57 bits per heavy atom. The Hall–Kier alpha value is -7.14. The lowest BCUT2D eigenvalue weighted by molar-refractivity contribution is 1.16. The number of hydrogen-bond acceptors (Lipinski definition) is 1. The Morgan fingerprint density at radius 1 is 0.286 bits per heavy atom. The Labute approximate surface area is 326 Å². The Balaban J connectivity index is 1.20. The van der Waals surface area contributed by atoms with Crippen LogP contribution in [-0.4, -0.2) is 13.7 Å². The summed E-state index contributed by atoms with van der Waals surface area (Å²) < 4.78 is 9.82. The van der Waals surface area contributed by atoms with E-state index in [4.69, 9.17) is 0 Å². The summed E-state index contributed by atoms with van der Waals surface area (Å²) in [5.74, 6) is 0. The molecule has 262 valence electrons. The third-order valence-corrected chi connectivity index (χ3v) is 12.6. The molecule has 4 heteroatoms. The van der Waals surface area contributed by atoms with Crippen molar-refractivity contribution in [1.29, 1.82) is 0 Å². The first-order valence-corrected chi connectivity index (χ1v) is 19.9. The van der Waals surface area contributed by atoms with Gasteiger partial charge in [-0.1, -0.05) is 97.1 Å². The maximum Gasteiger partial charge on any atom is 0.0542 e. The maximum atomic E-state index is 2.44. The van der Waals surface area contributed by atoms with Gasteiger partial charge in [0.2, 0.25) is 0 Å². The maximum absolute atomic E-state index is 2.44. The average Bonchev–Trinajstić information content (AvgIpc) is 3.79. The largest absolute Gasteiger partial charge is 0.310 e. The lowest BCUT2D eigenvalue weighted by atomic mass is 10.1. The number of rotatable bonds is 3. The number of hydrogen-bond donors (Lipinski definition) is 0. The quantitative estimate of drug-likeness (QED) is 0.172. The first-order valence-electron chi connectivity index (χ1n) is 19.1.